The largest absolute Gasteiger partial charge is 0.469 e. The summed E-state index contributed by atoms with van der Waals surface area (Å²) in [6, 6.07) is 0. The first-order valence-corrected chi connectivity index (χ1v) is 25.3. The molecule has 0 aliphatic heterocycles. The third kappa shape index (κ3) is 11.8. The number of carbonyl (C=O) groups excluding carboxylic acids is 2. The van der Waals surface area contributed by atoms with Gasteiger partial charge in [-0.3, -0.25) is 9.59 Å². The Labute approximate surface area is 273 Å². The van der Waals surface area contributed by atoms with Gasteiger partial charge in [-0.25, -0.2) is 0 Å². The molecule has 1 unspecified atom stereocenters. The Bertz CT molecular complexity index is 971. The maximum absolute atomic E-state index is 12.2. The minimum Gasteiger partial charge on any atom is -0.469 e. The van der Waals surface area contributed by atoms with E-state index in [1.165, 1.54) is 14.0 Å². The molecule has 10 heteroatoms. The van der Waals surface area contributed by atoms with Crippen molar-refractivity contribution in [3.05, 3.63) is 12.2 Å². The summed E-state index contributed by atoms with van der Waals surface area (Å²) < 4.78 is 31.6. The number of esters is 2. The maximum atomic E-state index is 12.2. The van der Waals surface area contributed by atoms with E-state index in [1.54, 1.807) is 0 Å². The molecule has 7 nitrogen and oxygen atoms in total. The van der Waals surface area contributed by atoms with Crippen molar-refractivity contribution in [3.63, 3.8) is 0 Å². The third-order valence-electron chi connectivity index (χ3n) is 10.8. The fourth-order valence-corrected chi connectivity index (χ4v) is 8.86. The topological polar surface area (TPSA) is 80.3 Å². The molecule has 0 aromatic heterocycles. The molecule has 258 valence electrons. The van der Waals surface area contributed by atoms with Gasteiger partial charge in [0.1, 0.15) is 0 Å². The van der Waals surface area contributed by atoms with Crippen LogP contribution < -0.4 is 0 Å². The highest BCUT2D eigenvalue weighted by molar-refractivity contribution is 6.75. The summed E-state index contributed by atoms with van der Waals surface area (Å²) in [7, 11) is -4.92. The van der Waals surface area contributed by atoms with Gasteiger partial charge < -0.3 is 22.8 Å². The van der Waals surface area contributed by atoms with Crippen molar-refractivity contribution < 1.29 is 32.3 Å². The molecule has 0 amide bonds. The van der Waals surface area contributed by atoms with Crippen molar-refractivity contribution in [2.45, 2.75) is 168 Å². The van der Waals surface area contributed by atoms with Gasteiger partial charge in [0.25, 0.3) is 0 Å². The van der Waals surface area contributed by atoms with Gasteiger partial charge >= 0.3 is 11.9 Å². The molecule has 5 atom stereocenters. The Morgan fingerprint density at radius 3 is 1.70 bits per heavy atom. The Balaban J connectivity index is 3.64. The molecule has 0 radical (unpaired) electrons. The Morgan fingerprint density at radius 1 is 0.795 bits per heavy atom. The highest BCUT2D eigenvalue weighted by Gasteiger charge is 2.51. The predicted molar refractivity (Wildman–Crippen MR) is 189 cm³/mol. The molecular weight excluding hydrogens is 605 g/mol. The fourth-order valence-electron chi connectivity index (χ4n) is 4.80. The number of ether oxygens (including phenoxy) is 2. The Hall–Kier alpha value is -0.789. The van der Waals surface area contributed by atoms with Crippen LogP contribution in [0.2, 0.25) is 54.4 Å². The van der Waals surface area contributed by atoms with Crippen LogP contribution in [0.15, 0.2) is 12.2 Å². The second-order valence-corrected chi connectivity index (χ2v) is 31.6. The number of hydrogen-bond acceptors (Lipinski definition) is 7. The van der Waals surface area contributed by atoms with Crippen molar-refractivity contribution in [2.24, 2.45) is 11.8 Å². The average molecular weight is 673 g/mol. The van der Waals surface area contributed by atoms with E-state index in [2.05, 4.69) is 114 Å². The van der Waals surface area contributed by atoms with Crippen molar-refractivity contribution in [2.75, 3.05) is 13.7 Å². The first-order valence-electron chi connectivity index (χ1n) is 16.6. The molecule has 1 rings (SSSR count). The smallest absolute Gasteiger partial charge is 0.305 e. The molecule has 0 bridgehead atoms. The number of hydrogen-bond donors (Lipinski definition) is 0. The van der Waals surface area contributed by atoms with Gasteiger partial charge in [-0.1, -0.05) is 74.5 Å². The van der Waals surface area contributed by atoms with E-state index >= 15 is 0 Å². The zero-order chi connectivity index (χ0) is 34.5. The van der Waals surface area contributed by atoms with Crippen molar-refractivity contribution >= 4 is 36.9 Å². The molecule has 0 saturated heterocycles. The predicted octanol–water partition coefficient (Wildman–Crippen LogP) is 9.26. The lowest BCUT2D eigenvalue weighted by Gasteiger charge is -2.40. The van der Waals surface area contributed by atoms with E-state index in [4.69, 9.17) is 22.8 Å². The second-order valence-electron chi connectivity index (χ2n) is 17.4. The molecule has 0 heterocycles. The molecule has 1 saturated carbocycles. The number of rotatable bonds is 14. The quantitative estimate of drug-likeness (QED) is 0.103. The molecule has 0 aromatic carbocycles. The van der Waals surface area contributed by atoms with Crippen LogP contribution >= 0.6 is 0 Å². The van der Waals surface area contributed by atoms with Crippen LogP contribution in [-0.4, -0.2) is 68.9 Å². The molecule has 0 N–H and O–H groups in total. The molecular formula is C34H68O7Si3. The summed E-state index contributed by atoms with van der Waals surface area (Å²) in [5, 5.41) is 0.148. The van der Waals surface area contributed by atoms with E-state index in [0.717, 1.165) is 6.42 Å². The zero-order valence-electron chi connectivity index (χ0n) is 31.4. The average Bonchev–Trinajstić information content (AvgIpc) is 3.12. The summed E-state index contributed by atoms with van der Waals surface area (Å²) in [6.45, 7) is 35.9. The van der Waals surface area contributed by atoms with Crippen LogP contribution in [0, 0.1) is 11.8 Å². The first kappa shape index (κ1) is 41.2. The van der Waals surface area contributed by atoms with E-state index in [1.807, 2.05) is 0 Å². The van der Waals surface area contributed by atoms with E-state index < -0.39 is 25.0 Å². The van der Waals surface area contributed by atoms with Crippen LogP contribution in [0.5, 0.6) is 0 Å². The van der Waals surface area contributed by atoms with E-state index in [-0.39, 0.29) is 57.2 Å². The van der Waals surface area contributed by atoms with Gasteiger partial charge in [0.05, 0.1) is 32.0 Å². The summed E-state index contributed by atoms with van der Waals surface area (Å²) in [6.07, 6.45) is 6.53. The third-order valence-corrected chi connectivity index (χ3v) is 24.3. The maximum Gasteiger partial charge on any atom is 0.305 e. The molecule has 44 heavy (non-hydrogen) atoms. The summed E-state index contributed by atoms with van der Waals surface area (Å²) >= 11 is 0. The lowest BCUT2D eigenvalue weighted by Crippen LogP contribution is -2.45. The molecule has 1 fully saturated rings. The molecule has 0 spiro atoms. The minimum atomic E-state index is -2.13. The van der Waals surface area contributed by atoms with Crippen LogP contribution in [-0.2, 0) is 32.3 Å². The van der Waals surface area contributed by atoms with Crippen LogP contribution in [0.1, 0.15) is 94.9 Å². The number of methoxy groups -OCH3 is 1. The van der Waals surface area contributed by atoms with Crippen molar-refractivity contribution in [1.29, 1.82) is 0 Å². The first-order chi connectivity index (χ1) is 19.6. The van der Waals surface area contributed by atoms with Gasteiger partial charge in [0, 0.05) is 19.3 Å². The van der Waals surface area contributed by atoms with Gasteiger partial charge in [-0.05, 0) is 79.6 Å². The van der Waals surface area contributed by atoms with Gasteiger partial charge in [-0.2, -0.15) is 0 Å². The molecule has 0 aromatic rings. The number of carbonyl (C=O) groups is 2. The highest BCUT2D eigenvalue weighted by Crippen LogP contribution is 2.48. The van der Waals surface area contributed by atoms with Crippen molar-refractivity contribution in [1.82, 2.24) is 0 Å². The minimum absolute atomic E-state index is 0.00861. The van der Waals surface area contributed by atoms with E-state index in [9.17, 15) is 9.59 Å². The molecule has 1 aliphatic rings. The SMILES string of the molecule is COC(=O)CCC(/C=C/[C@H]1[C@@H](CCOC(C)=O)[C@H](O[Si](C)(C)C(C)(C)C)C[C@@H]1O[Si](C)(C)C(C)(C)C)O[Si](C)(C)C(C)(C)C. The van der Waals surface area contributed by atoms with Gasteiger partial charge in [0.15, 0.2) is 25.0 Å². The highest BCUT2D eigenvalue weighted by atomic mass is 28.4. The van der Waals surface area contributed by atoms with Crippen LogP contribution in [0.4, 0.5) is 0 Å². The van der Waals surface area contributed by atoms with Gasteiger partial charge in [-0.15, -0.1) is 0 Å². The molecule has 1 aliphatic carbocycles. The summed E-state index contributed by atoms with van der Waals surface area (Å²) in [5.74, 6) is -0.331. The Kier molecular flexibility index (Phi) is 14.4. The summed E-state index contributed by atoms with van der Waals surface area (Å²) in [4.78, 5) is 23.9. The monoisotopic (exact) mass is 672 g/mol. The lowest BCUT2D eigenvalue weighted by atomic mass is 9.90. The van der Waals surface area contributed by atoms with Crippen molar-refractivity contribution in [3.8, 4) is 0 Å². The zero-order valence-corrected chi connectivity index (χ0v) is 34.4. The lowest BCUT2D eigenvalue weighted by molar-refractivity contribution is -0.142. The van der Waals surface area contributed by atoms with Crippen LogP contribution in [0.3, 0.4) is 0 Å². The van der Waals surface area contributed by atoms with Gasteiger partial charge in [0.2, 0.25) is 0 Å². The van der Waals surface area contributed by atoms with Crippen LogP contribution in [0.25, 0.3) is 0 Å². The fraction of sp³-hybridized carbons (Fsp3) is 0.882. The second kappa shape index (κ2) is 15.4. The normalized spacial score (nSPS) is 23.2. The summed E-state index contributed by atoms with van der Waals surface area (Å²) in [5.41, 5.74) is 0. The standard InChI is InChI=1S/C34H68O7Si3/c1-25(35)38-23-22-28-27(20-18-26(19-21-31(36)37-11)39-42(12,13)32(2,3)4)29(40-43(14,15)33(5,6)7)24-30(28)41-44(16,17)34(8,9)10/h18,20,26-30H,19,21-24H2,1-17H3/b20-18+/t26?,27-,28+,29-,30+/m0/s1. The Morgan fingerprint density at radius 2 is 1.27 bits per heavy atom. The van der Waals surface area contributed by atoms with E-state index in [0.29, 0.717) is 25.9 Å².